The van der Waals surface area contributed by atoms with Gasteiger partial charge in [0.25, 0.3) is 0 Å². The SMILES string of the molecule is Nn1nnc(-c2ccccc2)c1CNc1ccc(Cl)cc1. The number of nitrogens with two attached hydrogens (primary N) is 1. The van der Waals surface area contributed by atoms with Gasteiger partial charge in [-0.05, 0) is 29.5 Å². The summed E-state index contributed by atoms with van der Waals surface area (Å²) in [6.07, 6.45) is 0. The topological polar surface area (TPSA) is 68.8 Å². The zero-order valence-corrected chi connectivity index (χ0v) is 12.0. The van der Waals surface area contributed by atoms with Crippen molar-refractivity contribution in [2.45, 2.75) is 6.54 Å². The van der Waals surface area contributed by atoms with E-state index in [1.165, 1.54) is 4.79 Å². The Balaban J connectivity index is 1.82. The second-order valence-corrected chi connectivity index (χ2v) is 4.99. The minimum atomic E-state index is 0.523. The molecule has 0 aliphatic rings. The zero-order chi connectivity index (χ0) is 14.7. The van der Waals surface area contributed by atoms with Crippen LogP contribution in [0.5, 0.6) is 0 Å². The van der Waals surface area contributed by atoms with Crippen molar-refractivity contribution in [3.63, 3.8) is 0 Å². The summed E-state index contributed by atoms with van der Waals surface area (Å²) in [6, 6.07) is 17.3. The third-order valence-electron chi connectivity index (χ3n) is 3.14. The Morgan fingerprint density at radius 1 is 1.05 bits per heavy atom. The summed E-state index contributed by atoms with van der Waals surface area (Å²) >= 11 is 5.87. The van der Waals surface area contributed by atoms with Gasteiger partial charge in [0.05, 0.1) is 6.54 Å². The third-order valence-corrected chi connectivity index (χ3v) is 3.39. The van der Waals surface area contributed by atoms with Gasteiger partial charge in [-0.2, -0.15) is 4.79 Å². The van der Waals surface area contributed by atoms with Crippen molar-refractivity contribution >= 4 is 17.3 Å². The summed E-state index contributed by atoms with van der Waals surface area (Å²) in [5.74, 6) is 5.85. The van der Waals surface area contributed by atoms with Crippen molar-refractivity contribution in [1.82, 2.24) is 15.1 Å². The van der Waals surface area contributed by atoms with E-state index in [2.05, 4.69) is 15.6 Å². The Hall–Kier alpha value is -2.53. The van der Waals surface area contributed by atoms with Gasteiger partial charge >= 0.3 is 0 Å². The zero-order valence-electron chi connectivity index (χ0n) is 11.2. The van der Waals surface area contributed by atoms with Gasteiger partial charge in [-0.15, -0.1) is 5.10 Å². The number of nitrogen functional groups attached to an aromatic ring is 1. The number of benzene rings is 2. The summed E-state index contributed by atoms with van der Waals surface area (Å²) in [6.45, 7) is 0.523. The number of nitrogens with one attached hydrogen (secondary N) is 1. The number of hydrogen-bond donors (Lipinski definition) is 2. The molecule has 5 nitrogen and oxygen atoms in total. The van der Waals surface area contributed by atoms with Crippen molar-refractivity contribution in [1.29, 1.82) is 0 Å². The maximum absolute atomic E-state index is 5.87. The summed E-state index contributed by atoms with van der Waals surface area (Å²) in [5, 5.41) is 12.0. The average Bonchev–Trinajstić information content (AvgIpc) is 2.89. The number of nitrogens with zero attached hydrogens (tertiary/aromatic N) is 3. The molecule has 3 N–H and O–H groups in total. The first-order valence-electron chi connectivity index (χ1n) is 6.48. The average molecular weight is 300 g/mol. The van der Waals surface area contributed by atoms with E-state index in [1.807, 2.05) is 54.6 Å². The Labute approximate surface area is 127 Å². The molecule has 0 spiro atoms. The molecular formula is C15H14ClN5. The highest BCUT2D eigenvalue weighted by molar-refractivity contribution is 6.30. The van der Waals surface area contributed by atoms with E-state index >= 15 is 0 Å². The van der Waals surface area contributed by atoms with E-state index in [4.69, 9.17) is 17.4 Å². The number of halogens is 1. The third kappa shape index (κ3) is 2.98. The number of anilines is 1. The molecule has 21 heavy (non-hydrogen) atoms. The summed E-state index contributed by atoms with van der Waals surface area (Å²) in [4.78, 5) is 1.30. The van der Waals surface area contributed by atoms with E-state index < -0.39 is 0 Å². The normalized spacial score (nSPS) is 10.5. The molecule has 0 amide bonds. The van der Waals surface area contributed by atoms with Crippen molar-refractivity contribution in [3.05, 3.63) is 65.3 Å². The van der Waals surface area contributed by atoms with E-state index in [-0.39, 0.29) is 0 Å². The molecule has 0 fully saturated rings. The molecular weight excluding hydrogens is 286 g/mol. The lowest BCUT2D eigenvalue weighted by atomic mass is 10.1. The molecule has 106 valence electrons. The first kappa shape index (κ1) is 13.5. The maximum atomic E-state index is 5.87. The molecule has 0 atom stereocenters. The standard InChI is InChI=1S/C15H14ClN5/c16-12-6-8-13(9-7-12)18-10-14-15(19-20-21(14)17)11-4-2-1-3-5-11/h1-9,18H,10,17H2. The van der Waals surface area contributed by atoms with E-state index in [9.17, 15) is 0 Å². The van der Waals surface area contributed by atoms with Gasteiger partial charge in [0.15, 0.2) is 0 Å². The molecule has 0 unspecified atom stereocenters. The van der Waals surface area contributed by atoms with E-state index in [0.717, 1.165) is 22.6 Å². The first-order chi connectivity index (χ1) is 10.2. The van der Waals surface area contributed by atoms with Crippen LogP contribution in [0.4, 0.5) is 5.69 Å². The molecule has 0 aliphatic heterocycles. The molecule has 0 saturated carbocycles. The molecule has 3 rings (SSSR count). The quantitative estimate of drug-likeness (QED) is 0.727. The lowest BCUT2D eigenvalue weighted by molar-refractivity contribution is 0.732. The Bertz CT molecular complexity index is 722. The number of hydrogen-bond acceptors (Lipinski definition) is 4. The fourth-order valence-electron chi connectivity index (χ4n) is 2.05. The van der Waals surface area contributed by atoms with Crippen LogP contribution in [0.15, 0.2) is 54.6 Å². The van der Waals surface area contributed by atoms with Crippen LogP contribution in [-0.4, -0.2) is 15.1 Å². The van der Waals surface area contributed by atoms with Crippen LogP contribution in [0.1, 0.15) is 5.69 Å². The monoisotopic (exact) mass is 299 g/mol. The predicted molar refractivity (Wildman–Crippen MR) is 84.4 cm³/mol. The Morgan fingerprint density at radius 2 is 1.76 bits per heavy atom. The molecule has 0 bridgehead atoms. The van der Waals surface area contributed by atoms with Crippen LogP contribution in [0.25, 0.3) is 11.3 Å². The highest BCUT2D eigenvalue weighted by atomic mass is 35.5. The maximum Gasteiger partial charge on any atom is 0.120 e. The molecule has 0 aliphatic carbocycles. The summed E-state index contributed by atoms with van der Waals surface area (Å²) in [5.41, 5.74) is 3.54. The van der Waals surface area contributed by atoms with Gasteiger partial charge < -0.3 is 11.2 Å². The lowest BCUT2D eigenvalue weighted by Gasteiger charge is -2.08. The molecule has 0 radical (unpaired) electrons. The predicted octanol–water partition coefficient (Wildman–Crippen LogP) is 2.92. The Kier molecular flexibility index (Phi) is 3.75. The summed E-state index contributed by atoms with van der Waals surface area (Å²) < 4.78 is 0. The van der Waals surface area contributed by atoms with Crippen molar-refractivity contribution < 1.29 is 0 Å². The van der Waals surface area contributed by atoms with Gasteiger partial charge in [0, 0.05) is 16.3 Å². The lowest BCUT2D eigenvalue weighted by Crippen LogP contribution is -2.16. The van der Waals surface area contributed by atoms with Crippen molar-refractivity contribution in [2.75, 3.05) is 11.2 Å². The van der Waals surface area contributed by atoms with Gasteiger partial charge in [-0.3, -0.25) is 0 Å². The number of rotatable bonds is 4. The molecule has 0 saturated heterocycles. The van der Waals surface area contributed by atoms with Crippen LogP contribution >= 0.6 is 11.6 Å². The van der Waals surface area contributed by atoms with E-state index in [1.54, 1.807) is 0 Å². The van der Waals surface area contributed by atoms with Gasteiger partial charge in [0.1, 0.15) is 11.4 Å². The number of aromatic nitrogens is 3. The van der Waals surface area contributed by atoms with Crippen molar-refractivity contribution in [2.24, 2.45) is 0 Å². The minimum absolute atomic E-state index is 0.523. The molecule has 3 aromatic rings. The molecule has 2 aromatic carbocycles. The van der Waals surface area contributed by atoms with Crippen molar-refractivity contribution in [3.8, 4) is 11.3 Å². The second kappa shape index (κ2) is 5.85. The summed E-state index contributed by atoms with van der Waals surface area (Å²) in [7, 11) is 0. The molecule has 6 heteroatoms. The minimum Gasteiger partial charge on any atom is -0.379 e. The second-order valence-electron chi connectivity index (χ2n) is 4.56. The van der Waals surface area contributed by atoms with Gasteiger partial charge in [-0.1, -0.05) is 41.9 Å². The van der Waals surface area contributed by atoms with Gasteiger partial charge in [-0.25, -0.2) is 0 Å². The molecule has 1 heterocycles. The first-order valence-corrected chi connectivity index (χ1v) is 6.86. The van der Waals surface area contributed by atoms with Gasteiger partial charge in [0.2, 0.25) is 0 Å². The van der Waals surface area contributed by atoms with Crippen LogP contribution in [0.2, 0.25) is 5.02 Å². The Morgan fingerprint density at radius 3 is 2.48 bits per heavy atom. The molecule has 1 aromatic heterocycles. The van der Waals surface area contributed by atoms with Crippen LogP contribution in [0.3, 0.4) is 0 Å². The van der Waals surface area contributed by atoms with E-state index in [0.29, 0.717) is 11.6 Å². The highest BCUT2D eigenvalue weighted by Gasteiger charge is 2.12. The smallest absolute Gasteiger partial charge is 0.120 e. The largest absolute Gasteiger partial charge is 0.379 e. The van der Waals surface area contributed by atoms with Crippen LogP contribution in [0, 0.1) is 0 Å². The van der Waals surface area contributed by atoms with Crippen LogP contribution in [-0.2, 0) is 6.54 Å². The van der Waals surface area contributed by atoms with Crippen LogP contribution < -0.4 is 11.2 Å². The highest BCUT2D eigenvalue weighted by Crippen LogP contribution is 2.21. The fraction of sp³-hybridized carbons (Fsp3) is 0.0667. The fourth-order valence-corrected chi connectivity index (χ4v) is 2.18.